The van der Waals surface area contributed by atoms with Gasteiger partial charge in [0.1, 0.15) is 5.75 Å². The lowest BCUT2D eigenvalue weighted by molar-refractivity contribution is -0.117. The molecule has 1 N–H and O–H groups in total. The van der Waals surface area contributed by atoms with E-state index in [-0.39, 0.29) is 10.8 Å². The molecule has 0 spiro atoms. The van der Waals surface area contributed by atoms with Gasteiger partial charge in [-0.25, -0.2) is 8.42 Å². The lowest BCUT2D eigenvalue weighted by atomic mass is 10.2. The standard InChI is InChI=1S/C21H33N3O4S/c1-2-28-20-11-10-18(29(26,27)24-14-8-5-9-15-24)16-19(20)22-21(25)17-23-12-6-3-4-7-13-23/h10-11,16H,2-9,12-15,17H2,1H3,(H,22,25). The molecule has 0 bridgehead atoms. The Morgan fingerprint density at radius 1 is 1.00 bits per heavy atom. The van der Waals surface area contributed by atoms with Gasteiger partial charge >= 0.3 is 0 Å². The summed E-state index contributed by atoms with van der Waals surface area (Å²) in [6.45, 7) is 5.56. The molecule has 2 heterocycles. The van der Waals surface area contributed by atoms with Crippen LogP contribution < -0.4 is 10.1 Å². The molecule has 2 fully saturated rings. The fraction of sp³-hybridized carbons (Fsp3) is 0.667. The Hall–Kier alpha value is -1.64. The summed E-state index contributed by atoms with van der Waals surface area (Å²) >= 11 is 0. The maximum absolute atomic E-state index is 13.0. The van der Waals surface area contributed by atoms with E-state index >= 15 is 0 Å². The number of amides is 1. The second-order valence-corrected chi connectivity index (χ2v) is 9.73. The Balaban J connectivity index is 1.76. The van der Waals surface area contributed by atoms with Crippen molar-refractivity contribution in [1.82, 2.24) is 9.21 Å². The third-order valence-electron chi connectivity index (χ3n) is 5.54. The third-order valence-corrected chi connectivity index (χ3v) is 7.44. The zero-order chi connectivity index (χ0) is 20.7. The summed E-state index contributed by atoms with van der Waals surface area (Å²) in [5.74, 6) is 0.356. The van der Waals surface area contributed by atoms with Crippen LogP contribution in [0.5, 0.6) is 5.75 Å². The van der Waals surface area contributed by atoms with E-state index in [1.54, 1.807) is 12.1 Å². The van der Waals surface area contributed by atoms with E-state index in [0.717, 1.165) is 45.2 Å². The molecular weight excluding hydrogens is 390 g/mol. The van der Waals surface area contributed by atoms with Crippen LogP contribution >= 0.6 is 0 Å². The molecule has 29 heavy (non-hydrogen) atoms. The molecule has 7 nitrogen and oxygen atoms in total. The van der Waals surface area contributed by atoms with Crippen LogP contribution in [0.25, 0.3) is 0 Å². The summed E-state index contributed by atoms with van der Waals surface area (Å²) in [6.07, 6.45) is 7.48. The first kappa shape index (κ1) is 22.1. The number of ether oxygens (including phenoxy) is 1. The van der Waals surface area contributed by atoms with E-state index < -0.39 is 10.0 Å². The van der Waals surface area contributed by atoms with Gasteiger partial charge in [0, 0.05) is 13.1 Å². The molecule has 1 aromatic carbocycles. The molecular formula is C21H33N3O4S. The lowest BCUT2D eigenvalue weighted by Crippen LogP contribution is -2.36. The number of benzene rings is 1. The minimum Gasteiger partial charge on any atom is -0.492 e. The highest BCUT2D eigenvalue weighted by molar-refractivity contribution is 7.89. The topological polar surface area (TPSA) is 79.0 Å². The van der Waals surface area contributed by atoms with Crippen LogP contribution in [0, 0.1) is 0 Å². The van der Waals surface area contributed by atoms with Gasteiger partial charge in [-0.1, -0.05) is 19.3 Å². The quantitative estimate of drug-likeness (QED) is 0.729. The molecule has 0 atom stereocenters. The average molecular weight is 424 g/mol. The van der Waals surface area contributed by atoms with E-state index in [1.165, 1.54) is 23.2 Å². The first-order chi connectivity index (χ1) is 14.0. The van der Waals surface area contributed by atoms with E-state index in [0.29, 0.717) is 37.7 Å². The van der Waals surface area contributed by atoms with E-state index in [2.05, 4.69) is 10.2 Å². The predicted molar refractivity (Wildman–Crippen MR) is 114 cm³/mol. The number of carbonyl (C=O) groups is 1. The summed E-state index contributed by atoms with van der Waals surface area (Å²) in [5, 5.41) is 2.89. The molecule has 162 valence electrons. The van der Waals surface area contributed by atoms with Crippen molar-refractivity contribution in [2.24, 2.45) is 0 Å². The molecule has 0 aliphatic carbocycles. The van der Waals surface area contributed by atoms with Crippen molar-refractivity contribution in [3.63, 3.8) is 0 Å². The van der Waals surface area contributed by atoms with Gasteiger partial charge in [-0.05, 0) is 63.9 Å². The number of nitrogens with one attached hydrogen (secondary N) is 1. The lowest BCUT2D eigenvalue weighted by Gasteiger charge is -2.26. The second-order valence-electron chi connectivity index (χ2n) is 7.79. The highest BCUT2D eigenvalue weighted by Gasteiger charge is 2.27. The SMILES string of the molecule is CCOc1ccc(S(=O)(=O)N2CCCCC2)cc1NC(=O)CN1CCCCCC1. The first-order valence-electron chi connectivity index (χ1n) is 10.8. The molecule has 0 aromatic heterocycles. The van der Waals surface area contributed by atoms with Crippen LogP contribution in [0.4, 0.5) is 5.69 Å². The summed E-state index contributed by atoms with van der Waals surface area (Å²) in [6, 6.07) is 4.75. The summed E-state index contributed by atoms with van der Waals surface area (Å²) in [5.41, 5.74) is 0.421. The average Bonchev–Trinajstić information content (AvgIpc) is 2.98. The molecule has 2 aliphatic rings. The van der Waals surface area contributed by atoms with Crippen LogP contribution in [0.1, 0.15) is 51.9 Å². The predicted octanol–water partition coefficient (Wildman–Crippen LogP) is 3.07. The van der Waals surface area contributed by atoms with Gasteiger partial charge < -0.3 is 10.1 Å². The number of sulfonamides is 1. The Morgan fingerprint density at radius 3 is 2.28 bits per heavy atom. The largest absolute Gasteiger partial charge is 0.492 e. The van der Waals surface area contributed by atoms with E-state index in [1.807, 2.05) is 6.92 Å². The molecule has 0 radical (unpaired) electrons. The smallest absolute Gasteiger partial charge is 0.243 e. The fourth-order valence-corrected chi connectivity index (χ4v) is 5.53. The van der Waals surface area contributed by atoms with Gasteiger partial charge in [-0.15, -0.1) is 0 Å². The molecule has 0 saturated carbocycles. The van der Waals surface area contributed by atoms with Crippen molar-refractivity contribution in [2.45, 2.75) is 56.8 Å². The monoisotopic (exact) mass is 423 g/mol. The summed E-state index contributed by atoms with van der Waals surface area (Å²) in [7, 11) is -3.57. The van der Waals surface area contributed by atoms with Crippen LogP contribution in [0.2, 0.25) is 0 Å². The van der Waals surface area contributed by atoms with Crippen molar-refractivity contribution in [3.8, 4) is 5.75 Å². The van der Waals surface area contributed by atoms with E-state index in [9.17, 15) is 13.2 Å². The van der Waals surface area contributed by atoms with Gasteiger partial charge in [-0.3, -0.25) is 9.69 Å². The van der Waals surface area contributed by atoms with Crippen molar-refractivity contribution < 1.29 is 17.9 Å². The number of rotatable bonds is 7. The normalized spacial score (nSPS) is 19.5. The van der Waals surface area contributed by atoms with Crippen molar-refractivity contribution in [3.05, 3.63) is 18.2 Å². The summed E-state index contributed by atoms with van der Waals surface area (Å²) < 4.78 is 33.2. The van der Waals surface area contributed by atoms with Gasteiger partial charge in [0.2, 0.25) is 15.9 Å². The molecule has 2 aliphatic heterocycles. The highest BCUT2D eigenvalue weighted by atomic mass is 32.2. The number of hydrogen-bond acceptors (Lipinski definition) is 5. The van der Waals surface area contributed by atoms with Gasteiger partial charge in [0.05, 0.1) is 23.7 Å². The highest BCUT2D eigenvalue weighted by Crippen LogP contribution is 2.30. The molecule has 1 aromatic rings. The Morgan fingerprint density at radius 2 is 1.62 bits per heavy atom. The first-order valence-corrected chi connectivity index (χ1v) is 12.2. The third kappa shape index (κ3) is 5.93. The number of hydrogen-bond donors (Lipinski definition) is 1. The van der Waals surface area contributed by atoms with Gasteiger partial charge in [-0.2, -0.15) is 4.31 Å². The summed E-state index contributed by atoms with van der Waals surface area (Å²) in [4.78, 5) is 15.0. The molecule has 1 amide bonds. The minimum atomic E-state index is -3.57. The Labute approximate surface area is 174 Å². The zero-order valence-corrected chi connectivity index (χ0v) is 18.2. The molecule has 0 unspecified atom stereocenters. The van der Waals surface area contributed by atoms with Crippen LogP contribution in [0.3, 0.4) is 0 Å². The van der Waals surface area contributed by atoms with Crippen LogP contribution in [0.15, 0.2) is 23.1 Å². The number of piperidine rings is 1. The maximum Gasteiger partial charge on any atom is 0.243 e. The number of likely N-dealkylation sites (tertiary alicyclic amines) is 1. The number of carbonyl (C=O) groups excluding carboxylic acids is 1. The van der Waals surface area contributed by atoms with Crippen molar-refractivity contribution >= 4 is 21.6 Å². The number of nitrogens with zero attached hydrogens (tertiary/aromatic N) is 2. The van der Waals surface area contributed by atoms with Crippen molar-refractivity contribution in [2.75, 3.05) is 44.6 Å². The van der Waals surface area contributed by atoms with E-state index in [4.69, 9.17) is 4.74 Å². The minimum absolute atomic E-state index is 0.139. The zero-order valence-electron chi connectivity index (χ0n) is 17.4. The van der Waals surface area contributed by atoms with Gasteiger partial charge in [0.15, 0.2) is 0 Å². The Kier molecular flexibility index (Phi) is 7.91. The van der Waals surface area contributed by atoms with Crippen molar-refractivity contribution in [1.29, 1.82) is 0 Å². The molecule has 8 heteroatoms. The van der Waals surface area contributed by atoms with Crippen LogP contribution in [-0.4, -0.2) is 62.9 Å². The maximum atomic E-state index is 13.0. The number of anilines is 1. The van der Waals surface area contributed by atoms with Crippen LogP contribution in [-0.2, 0) is 14.8 Å². The second kappa shape index (κ2) is 10.4. The van der Waals surface area contributed by atoms with Gasteiger partial charge in [0.25, 0.3) is 0 Å². The molecule has 2 saturated heterocycles. The molecule has 3 rings (SSSR count). The fourth-order valence-electron chi connectivity index (χ4n) is 3.99. The Bertz CT molecular complexity index is 783.